The Bertz CT molecular complexity index is 381. The number of carboxylic acid groups (broad SMARTS) is 1. The van der Waals surface area contributed by atoms with Gasteiger partial charge >= 0.3 is 5.97 Å². The number of nitrogens with one attached hydrogen (secondary N) is 1. The maximum atomic E-state index is 10.7. The monoisotopic (exact) mass is 252 g/mol. The summed E-state index contributed by atoms with van der Waals surface area (Å²) in [6.07, 6.45) is 8.94. The number of hydrogen-bond donors (Lipinski definition) is 2. The molecule has 0 amide bonds. The van der Waals surface area contributed by atoms with Gasteiger partial charge in [-0.2, -0.15) is 0 Å². The lowest BCUT2D eigenvalue weighted by Gasteiger charge is -2.20. The van der Waals surface area contributed by atoms with Crippen LogP contribution in [0.15, 0.2) is 10.6 Å². The lowest BCUT2D eigenvalue weighted by atomic mass is 9.97. The van der Waals surface area contributed by atoms with Gasteiger partial charge in [0.1, 0.15) is 0 Å². The molecule has 0 aromatic carbocycles. The summed E-state index contributed by atoms with van der Waals surface area (Å²) in [6, 6.07) is 2.00. The van der Waals surface area contributed by atoms with Crippen LogP contribution < -0.4 is 5.32 Å². The number of hydrogen-bond acceptors (Lipinski definition) is 4. The zero-order valence-electron chi connectivity index (χ0n) is 10.5. The molecular weight excluding hydrogens is 232 g/mol. The van der Waals surface area contributed by atoms with Crippen molar-refractivity contribution in [1.82, 2.24) is 10.5 Å². The summed E-state index contributed by atoms with van der Waals surface area (Å²) < 4.78 is 4.98. The molecule has 0 unspecified atom stereocenters. The molecule has 0 radical (unpaired) electrons. The first-order valence-corrected chi connectivity index (χ1v) is 6.68. The zero-order valence-corrected chi connectivity index (χ0v) is 10.5. The molecule has 1 aromatic heterocycles. The van der Waals surface area contributed by atoms with Crippen LogP contribution in [0.5, 0.6) is 0 Å². The maximum absolute atomic E-state index is 10.7. The van der Waals surface area contributed by atoms with Crippen LogP contribution in [0, 0.1) is 0 Å². The molecule has 1 heterocycles. The van der Waals surface area contributed by atoms with Crippen LogP contribution in [0.2, 0.25) is 0 Å². The molecule has 2 rings (SSSR count). The van der Waals surface area contributed by atoms with Gasteiger partial charge in [0.05, 0.1) is 6.54 Å². The van der Waals surface area contributed by atoms with E-state index in [2.05, 4.69) is 10.5 Å². The Morgan fingerprint density at radius 1 is 1.33 bits per heavy atom. The standard InChI is InChI=1S/C13H20N2O3/c16-13(17)12-8-11(18-15-12)9-14-10-6-4-2-1-3-5-7-10/h8,10,14H,1-7,9H2,(H,16,17). The predicted octanol–water partition coefficient (Wildman–Crippen LogP) is 2.58. The third kappa shape index (κ3) is 3.84. The van der Waals surface area contributed by atoms with Crippen LogP contribution in [-0.4, -0.2) is 22.3 Å². The second kappa shape index (κ2) is 6.54. The largest absolute Gasteiger partial charge is 0.476 e. The molecule has 0 aliphatic heterocycles. The molecule has 5 nitrogen and oxygen atoms in total. The van der Waals surface area contributed by atoms with Crippen molar-refractivity contribution < 1.29 is 14.4 Å². The first-order valence-electron chi connectivity index (χ1n) is 6.68. The Labute approximate surface area is 107 Å². The Hall–Kier alpha value is -1.36. The molecule has 0 saturated heterocycles. The molecule has 2 N–H and O–H groups in total. The number of carbonyl (C=O) groups is 1. The van der Waals surface area contributed by atoms with E-state index in [0.29, 0.717) is 18.3 Å². The van der Waals surface area contributed by atoms with E-state index in [9.17, 15) is 4.79 Å². The fraction of sp³-hybridized carbons (Fsp3) is 0.692. The van der Waals surface area contributed by atoms with Gasteiger partial charge in [-0.25, -0.2) is 4.79 Å². The molecule has 5 heteroatoms. The molecule has 1 fully saturated rings. The van der Waals surface area contributed by atoms with Crippen LogP contribution >= 0.6 is 0 Å². The highest BCUT2D eigenvalue weighted by molar-refractivity contribution is 5.85. The number of nitrogens with zero attached hydrogens (tertiary/aromatic N) is 1. The van der Waals surface area contributed by atoms with Crippen molar-refractivity contribution in [2.75, 3.05) is 0 Å². The molecule has 0 spiro atoms. The van der Waals surface area contributed by atoms with Gasteiger partial charge in [0, 0.05) is 12.1 Å². The van der Waals surface area contributed by atoms with E-state index < -0.39 is 5.97 Å². The van der Waals surface area contributed by atoms with Crippen molar-refractivity contribution in [2.24, 2.45) is 0 Å². The molecule has 0 bridgehead atoms. The molecule has 1 aliphatic rings. The van der Waals surface area contributed by atoms with E-state index in [1.807, 2.05) is 0 Å². The van der Waals surface area contributed by atoms with E-state index in [1.165, 1.54) is 51.0 Å². The molecule has 0 atom stereocenters. The van der Waals surface area contributed by atoms with E-state index in [-0.39, 0.29) is 5.69 Å². The second-order valence-corrected chi connectivity index (χ2v) is 4.91. The van der Waals surface area contributed by atoms with E-state index in [4.69, 9.17) is 9.63 Å². The summed E-state index contributed by atoms with van der Waals surface area (Å²) in [7, 11) is 0. The Balaban J connectivity index is 1.80. The van der Waals surface area contributed by atoms with Crippen LogP contribution in [0.3, 0.4) is 0 Å². The Morgan fingerprint density at radius 3 is 2.61 bits per heavy atom. The zero-order chi connectivity index (χ0) is 12.8. The second-order valence-electron chi connectivity index (χ2n) is 4.91. The summed E-state index contributed by atoms with van der Waals surface area (Å²) >= 11 is 0. The maximum Gasteiger partial charge on any atom is 0.358 e. The predicted molar refractivity (Wildman–Crippen MR) is 66.4 cm³/mol. The first kappa shape index (κ1) is 13.1. The summed E-state index contributed by atoms with van der Waals surface area (Å²) in [5, 5.41) is 15.7. The lowest BCUT2D eigenvalue weighted by molar-refractivity contribution is 0.0685. The van der Waals surface area contributed by atoms with Gasteiger partial charge in [0.25, 0.3) is 0 Å². The van der Waals surface area contributed by atoms with Crippen LogP contribution in [0.1, 0.15) is 61.2 Å². The minimum absolute atomic E-state index is 0.0236. The highest BCUT2D eigenvalue weighted by Gasteiger charge is 2.14. The fourth-order valence-corrected chi connectivity index (χ4v) is 2.40. The van der Waals surface area contributed by atoms with E-state index in [0.717, 1.165) is 0 Å². The van der Waals surface area contributed by atoms with Crippen molar-refractivity contribution in [1.29, 1.82) is 0 Å². The normalized spacial score (nSPS) is 18.2. The van der Waals surface area contributed by atoms with Crippen molar-refractivity contribution in [3.05, 3.63) is 17.5 Å². The first-order chi connectivity index (χ1) is 8.75. The van der Waals surface area contributed by atoms with Gasteiger partial charge in [-0.15, -0.1) is 0 Å². The topological polar surface area (TPSA) is 75.4 Å². The SMILES string of the molecule is O=C(O)c1cc(CNC2CCCCCCC2)on1. The smallest absolute Gasteiger partial charge is 0.358 e. The summed E-state index contributed by atoms with van der Waals surface area (Å²) in [5.74, 6) is -0.453. The van der Waals surface area contributed by atoms with Gasteiger partial charge in [-0.3, -0.25) is 0 Å². The number of aromatic nitrogens is 1. The van der Waals surface area contributed by atoms with Crippen molar-refractivity contribution >= 4 is 5.97 Å². The fourth-order valence-electron chi connectivity index (χ4n) is 2.40. The van der Waals surface area contributed by atoms with Crippen LogP contribution in [-0.2, 0) is 6.54 Å². The molecule has 18 heavy (non-hydrogen) atoms. The van der Waals surface area contributed by atoms with Crippen molar-refractivity contribution in [3.63, 3.8) is 0 Å². The van der Waals surface area contributed by atoms with Gasteiger partial charge < -0.3 is 14.9 Å². The summed E-state index contributed by atoms with van der Waals surface area (Å²) in [5.41, 5.74) is -0.0236. The van der Waals surface area contributed by atoms with Gasteiger partial charge in [-0.1, -0.05) is 37.3 Å². The Kier molecular flexibility index (Phi) is 4.75. The molecular formula is C13H20N2O3. The highest BCUT2D eigenvalue weighted by atomic mass is 16.5. The minimum Gasteiger partial charge on any atom is -0.476 e. The average Bonchev–Trinajstić information content (AvgIpc) is 2.76. The van der Waals surface area contributed by atoms with Crippen molar-refractivity contribution in [3.8, 4) is 0 Å². The molecule has 1 aliphatic carbocycles. The van der Waals surface area contributed by atoms with Gasteiger partial charge in [0.15, 0.2) is 11.5 Å². The number of rotatable bonds is 4. The van der Waals surface area contributed by atoms with E-state index in [1.54, 1.807) is 0 Å². The van der Waals surface area contributed by atoms with Gasteiger partial charge in [-0.05, 0) is 12.8 Å². The van der Waals surface area contributed by atoms with E-state index >= 15 is 0 Å². The molecule has 100 valence electrons. The van der Waals surface area contributed by atoms with Gasteiger partial charge in [0.2, 0.25) is 0 Å². The van der Waals surface area contributed by atoms with Crippen molar-refractivity contribution in [2.45, 2.75) is 57.5 Å². The number of aromatic carboxylic acids is 1. The Morgan fingerprint density at radius 2 is 2.00 bits per heavy atom. The highest BCUT2D eigenvalue weighted by Crippen LogP contribution is 2.17. The van der Waals surface area contributed by atoms with Crippen LogP contribution in [0.25, 0.3) is 0 Å². The quantitative estimate of drug-likeness (QED) is 0.861. The average molecular weight is 252 g/mol. The lowest BCUT2D eigenvalue weighted by Crippen LogP contribution is -2.29. The third-order valence-corrected chi connectivity index (χ3v) is 3.45. The molecule has 1 saturated carbocycles. The molecule has 1 aromatic rings. The minimum atomic E-state index is -1.05. The summed E-state index contributed by atoms with van der Waals surface area (Å²) in [4.78, 5) is 10.7. The third-order valence-electron chi connectivity index (χ3n) is 3.45. The summed E-state index contributed by atoms with van der Waals surface area (Å²) in [6.45, 7) is 0.560. The van der Waals surface area contributed by atoms with Crippen LogP contribution in [0.4, 0.5) is 0 Å². The number of carboxylic acids is 1.